The van der Waals surface area contributed by atoms with Gasteiger partial charge in [-0.2, -0.15) is 5.26 Å². The van der Waals surface area contributed by atoms with Crippen LogP contribution < -0.4 is 14.2 Å². The van der Waals surface area contributed by atoms with E-state index in [-0.39, 0.29) is 0 Å². The van der Waals surface area contributed by atoms with Crippen LogP contribution in [0.5, 0.6) is 17.2 Å². The summed E-state index contributed by atoms with van der Waals surface area (Å²) in [6.07, 6.45) is 1.85. The van der Waals surface area contributed by atoms with E-state index in [2.05, 4.69) is 6.07 Å². The first-order valence-electron chi connectivity index (χ1n) is 5.61. The van der Waals surface area contributed by atoms with Crippen molar-refractivity contribution >= 4 is 0 Å². The summed E-state index contributed by atoms with van der Waals surface area (Å²) in [5.74, 6) is 1.65. The lowest BCUT2D eigenvalue weighted by Gasteiger charge is -2.13. The molecule has 0 aliphatic rings. The van der Waals surface area contributed by atoms with Crippen LogP contribution in [0, 0.1) is 11.3 Å². The minimum absolute atomic E-state index is 0.432. The maximum atomic E-state index is 8.99. The number of methoxy groups -OCH3 is 4. The summed E-state index contributed by atoms with van der Waals surface area (Å²) in [4.78, 5) is 0. The van der Waals surface area contributed by atoms with E-state index in [1.54, 1.807) is 21.3 Å². The lowest BCUT2D eigenvalue weighted by molar-refractivity contribution is 0.323. The molecule has 0 amide bonds. The standard InChI is InChI=1S/C14H17NO4/c1-16-9-11(8-15)5-10-6-12(17-2)14(19-4)13(7-10)18-3/h6-7,9H,5H2,1-4H3. The quantitative estimate of drug-likeness (QED) is 0.582. The van der Waals surface area contributed by atoms with Crippen molar-refractivity contribution in [1.29, 1.82) is 5.26 Å². The zero-order chi connectivity index (χ0) is 14.3. The van der Waals surface area contributed by atoms with Gasteiger partial charge in [-0.05, 0) is 17.7 Å². The van der Waals surface area contributed by atoms with Crippen molar-refractivity contribution in [3.63, 3.8) is 0 Å². The monoisotopic (exact) mass is 263 g/mol. The SMILES string of the molecule is COC=C(C#N)Cc1cc(OC)c(OC)c(OC)c1. The molecule has 5 nitrogen and oxygen atoms in total. The zero-order valence-corrected chi connectivity index (χ0v) is 11.5. The summed E-state index contributed by atoms with van der Waals surface area (Å²) in [5, 5.41) is 8.99. The third-order valence-corrected chi connectivity index (χ3v) is 2.52. The van der Waals surface area contributed by atoms with Crippen molar-refractivity contribution in [3.8, 4) is 23.3 Å². The van der Waals surface area contributed by atoms with E-state index in [1.807, 2.05) is 12.1 Å². The molecule has 0 radical (unpaired) electrons. The van der Waals surface area contributed by atoms with Crippen LogP contribution in [0.2, 0.25) is 0 Å². The Kier molecular flexibility index (Phi) is 5.55. The predicted octanol–water partition coefficient (Wildman–Crippen LogP) is 2.31. The van der Waals surface area contributed by atoms with Gasteiger partial charge in [-0.3, -0.25) is 0 Å². The minimum Gasteiger partial charge on any atom is -0.503 e. The van der Waals surface area contributed by atoms with Crippen LogP contribution in [0.15, 0.2) is 24.0 Å². The second-order valence-corrected chi connectivity index (χ2v) is 3.70. The van der Waals surface area contributed by atoms with Crippen LogP contribution >= 0.6 is 0 Å². The molecule has 0 saturated carbocycles. The Balaban J connectivity index is 3.17. The maximum Gasteiger partial charge on any atom is 0.203 e. The molecule has 19 heavy (non-hydrogen) atoms. The van der Waals surface area contributed by atoms with Gasteiger partial charge in [-0.15, -0.1) is 0 Å². The highest BCUT2D eigenvalue weighted by molar-refractivity contribution is 5.54. The molecule has 0 unspecified atom stereocenters. The first-order valence-corrected chi connectivity index (χ1v) is 5.61. The Labute approximate surface area is 113 Å². The third-order valence-electron chi connectivity index (χ3n) is 2.52. The molecule has 0 aliphatic carbocycles. The fourth-order valence-corrected chi connectivity index (χ4v) is 1.71. The number of allylic oxidation sites excluding steroid dienone is 1. The molecule has 0 N–H and O–H groups in total. The first-order chi connectivity index (χ1) is 9.19. The van der Waals surface area contributed by atoms with Gasteiger partial charge in [0.25, 0.3) is 0 Å². The molecule has 0 heterocycles. The number of nitrogens with zero attached hydrogens (tertiary/aromatic N) is 1. The number of hydrogen-bond donors (Lipinski definition) is 0. The molecule has 1 aromatic carbocycles. The molecule has 0 atom stereocenters. The summed E-state index contributed by atoms with van der Waals surface area (Å²) >= 11 is 0. The van der Waals surface area contributed by atoms with Gasteiger partial charge < -0.3 is 18.9 Å². The van der Waals surface area contributed by atoms with Gasteiger partial charge in [-0.1, -0.05) is 0 Å². The topological polar surface area (TPSA) is 60.7 Å². The van der Waals surface area contributed by atoms with Crippen LogP contribution in [0.3, 0.4) is 0 Å². The van der Waals surface area contributed by atoms with Gasteiger partial charge >= 0.3 is 0 Å². The number of hydrogen-bond acceptors (Lipinski definition) is 5. The first kappa shape index (κ1) is 14.7. The molecular formula is C14H17NO4. The van der Waals surface area contributed by atoms with Gasteiger partial charge in [0.15, 0.2) is 11.5 Å². The molecule has 1 rings (SSSR count). The lowest BCUT2D eigenvalue weighted by atomic mass is 10.1. The Bertz CT molecular complexity index is 478. The minimum atomic E-state index is 0.432. The Morgan fingerprint density at radius 3 is 2.05 bits per heavy atom. The second kappa shape index (κ2) is 7.17. The number of benzene rings is 1. The predicted molar refractivity (Wildman–Crippen MR) is 70.5 cm³/mol. The molecule has 0 fully saturated rings. The van der Waals surface area contributed by atoms with Crippen LogP contribution in [0.1, 0.15) is 5.56 Å². The van der Waals surface area contributed by atoms with Gasteiger partial charge in [0.1, 0.15) is 0 Å². The highest BCUT2D eigenvalue weighted by atomic mass is 16.5. The van der Waals surface area contributed by atoms with Crippen LogP contribution in [0.4, 0.5) is 0 Å². The lowest BCUT2D eigenvalue weighted by Crippen LogP contribution is -1.98. The summed E-state index contributed by atoms with van der Waals surface area (Å²) in [6.45, 7) is 0. The van der Waals surface area contributed by atoms with Crippen molar-refractivity contribution < 1.29 is 18.9 Å². The molecule has 1 aromatic rings. The molecule has 0 spiro atoms. The Hall–Kier alpha value is -2.35. The van der Waals surface area contributed by atoms with Crippen LogP contribution in [-0.2, 0) is 11.2 Å². The van der Waals surface area contributed by atoms with Crippen LogP contribution in [0.25, 0.3) is 0 Å². The molecule has 0 bridgehead atoms. The fraction of sp³-hybridized carbons (Fsp3) is 0.357. The summed E-state index contributed by atoms with van der Waals surface area (Å²) in [7, 11) is 6.16. The summed E-state index contributed by atoms with van der Waals surface area (Å²) in [6, 6.07) is 5.69. The van der Waals surface area contributed by atoms with Gasteiger partial charge in [-0.25, -0.2) is 0 Å². The third kappa shape index (κ3) is 3.55. The average Bonchev–Trinajstić information content (AvgIpc) is 2.45. The van der Waals surface area contributed by atoms with Crippen LogP contribution in [-0.4, -0.2) is 28.4 Å². The Morgan fingerprint density at radius 2 is 1.68 bits per heavy atom. The fourth-order valence-electron chi connectivity index (χ4n) is 1.71. The van der Waals surface area contributed by atoms with Gasteiger partial charge in [0, 0.05) is 6.42 Å². The molecule has 5 heteroatoms. The van der Waals surface area contributed by atoms with Crippen molar-refractivity contribution in [3.05, 3.63) is 29.5 Å². The maximum absolute atomic E-state index is 8.99. The van der Waals surface area contributed by atoms with E-state index < -0.39 is 0 Å². The molecule has 0 aromatic heterocycles. The van der Waals surface area contributed by atoms with E-state index in [0.717, 1.165) is 5.56 Å². The van der Waals surface area contributed by atoms with Gasteiger partial charge in [0.05, 0.1) is 46.3 Å². The average molecular weight is 263 g/mol. The molecule has 102 valence electrons. The van der Waals surface area contributed by atoms with Crippen molar-refractivity contribution in [2.24, 2.45) is 0 Å². The van der Waals surface area contributed by atoms with E-state index in [0.29, 0.717) is 29.2 Å². The number of rotatable bonds is 6. The number of nitriles is 1. The summed E-state index contributed by atoms with van der Waals surface area (Å²) < 4.78 is 20.6. The highest BCUT2D eigenvalue weighted by Crippen LogP contribution is 2.38. The normalized spacial score (nSPS) is 10.6. The molecule has 0 saturated heterocycles. The Morgan fingerprint density at radius 1 is 1.11 bits per heavy atom. The highest BCUT2D eigenvalue weighted by Gasteiger charge is 2.13. The molecular weight excluding hydrogens is 246 g/mol. The molecule has 0 aliphatic heterocycles. The van der Waals surface area contributed by atoms with E-state index >= 15 is 0 Å². The van der Waals surface area contributed by atoms with E-state index in [1.165, 1.54) is 13.4 Å². The second-order valence-electron chi connectivity index (χ2n) is 3.70. The van der Waals surface area contributed by atoms with Crippen molar-refractivity contribution in [1.82, 2.24) is 0 Å². The van der Waals surface area contributed by atoms with Gasteiger partial charge in [0.2, 0.25) is 5.75 Å². The van der Waals surface area contributed by atoms with E-state index in [9.17, 15) is 0 Å². The van der Waals surface area contributed by atoms with Crippen molar-refractivity contribution in [2.75, 3.05) is 28.4 Å². The van der Waals surface area contributed by atoms with Crippen molar-refractivity contribution in [2.45, 2.75) is 6.42 Å². The number of ether oxygens (including phenoxy) is 4. The smallest absolute Gasteiger partial charge is 0.203 e. The van der Waals surface area contributed by atoms with E-state index in [4.69, 9.17) is 24.2 Å². The zero-order valence-electron chi connectivity index (χ0n) is 11.5. The summed E-state index contributed by atoms with van der Waals surface area (Å²) in [5.41, 5.74) is 1.39. The largest absolute Gasteiger partial charge is 0.503 e.